The molecule has 2 atom stereocenters. The molecule has 0 aliphatic heterocycles. The Morgan fingerprint density at radius 2 is 1.68 bits per heavy atom. The van der Waals surface area contributed by atoms with Crippen molar-refractivity contribution in [3.05, 3.63) is 35.4 Å². The highest BCUT2D eigenvalue weighted by Gasteiger charge is 2.37. The summed E-state index contributed by atoms with van der Waals surface area (Å²) in [5, 5.41) is 6.06. The van der Waals surface area contributed by atoms with Crippen LogP contribution in [0.3, 0.4) is 0 Å². The predicted octanol–water partition coefficient (Wildman–Crippen LogP) is 6.05. The number of ether oxygens (including phenoxy) is 1. The van der Waals surface area contributed by atoms with Crippen molar-refractivity contribution in [3.63, 3.8) is 0 Å². The molecule has 2 unspecified atom stereocenters. The molecule has 1 saturated carbocycles. The second-order valence-corrected chi connectivity index (χ2v) is 11.9. The minimum Gasteiger partial charge on any atom is -0.444 e. The average Bonchev–Trinajstić information content (AvgIpc) is 2.81. The van der Waals surface area contributed by atoms with E-state index in [9.17, 15) is 14.4 Å². The first-order valence-electron chi connectivity index (χ1n) is 14.1. The lowest BCUT2D eigenvalue weighted by atomic mass is 9.94. The maximum Gasteiger partial charge on any atom is 0.408 e. The largest absolute Gasteiger partial charge is 0.444 e. The molecule has 0 radical (unpaired) electrons. The Balaban J connectivity index is 2.43. The Labute approximate surface area is 224 Å². The van der Waals surface area contributed by atoms with Crippen LogP contribution in [0.5, 0.6) is 0 Å². The van der Waals surface area contributed by atoms with E-state index in [1.807, 2.05) is 45.0 Å². The molecule has 1 aliphatic carbocycles. The summed E-state index contributed by atoms with van der Waals surface area (Å²) in [6.45, 7) is 13.9. The van der Waals surface area contributed by atoms with Crippen molar-refractivity contribution < 1.29 is 19.1 Å². The van der Waals surface area contributed by atoms with E-state index in [-0.39, 0.29) is 23.8 Å². The minimum absolute atomic E-state index is 0.128. The molecule has 7 heteroatoms. The van der Waals surface area contributed by atoms with E-state index in [0.717, 1.165) is 49.7 Å². The van der Waals surface area contributed by atoms with Crippen LogP contribution in [-0.2, 0) is 14.3 Å². The molecule has 0 bridgehead atoms. The first-order valence-corrected chi connectivity index (χ1v) is 14.1. The molecule has 0 aromatic heterocycles. The standard InChI is InChI=1S/C30H49N3O4/c1-8-9-19-33(28(35)25(20-21(2)3)32-29(36)37-30(5,6)7)26(23-17-15-22(4)16-18-23)27(34)31-24-13-11-10-12-14-24/h15-18,21,24-26H,8-14,19-20H2,1-7H3,(H,31,34)(H,32,36). The molecule has 0 heterocycles. The first-order chi connectivity index (χ1) is 17.4. The summed E-state index contributed by atoms with van der Waals surface area (Å²) in [6.07, 6.45) is 6.80. The number of hydrogen-bond donors (Lipinski definition) is 2. The van der Waals surface area contributed by atoms with Gasteiger partial charge in [-0.25, -0.2) is 4.79 Å². The Morgan fingerprint density at radius 1 is 1.05 bits per heavy atom. The molecule has 0 saturated heterocycles. The molecular formula is C30H49N3O4. The van der Waals surface area contributed by atoms with E-state index >= 15 is 0 Å². The maximum atomic E-state index is 14.1. The Kier molecular flexibility index (Phi) is 11.9. The lowest BCUT2D eigenvalue weighted by molar-refractivity contribution is -0.143. The van der Waals surface area contributed by atoms with Gasteiger partial charge >= 0.3 is 6.09 Å². The number of carbonyl (C=O) groups excluding carboxylic acids is 3. The molecule has 1 aromatic carbocycles. The normalized spacial score (nSPS) is 16.1. The number of unbranched alkanes of at least 4 members (excludes halogenated alkanes) is 1. The van der Waals surface area contributed by atoms with Gasteiger partial charge in [0.25, 0.3) is 0 Å². The van der Waals surface area contributed by atoms with Crippen LogP contribution in [0.25, 0.3) is 0 Å². The molecule has 208 valence electrons. The van der Waals surface area contributed by atoms with Crippen LogP contribution in [0.2, 0.25) is 0 Å². The van der Waals surface area contributed by atoms with Gasteiger partial charge < -0.3 is 20.3 Å². The molecule has 37 heavy (non-hydrogen) atoms. The van der Waals surface area contributed by atoms with Gasteiger partial charge in [0.05, 0.1) is 0 Å². The third-order valence-corrected chi connectivity index (χ3v) is 6.64. The lowest BCUT2D eigenvalue weighted by Crippen LogP contribution is -2.54. The fourth-order valence-corrected chi connectivity index (χ4v) is 4.79. The molecule has 0 spiro atoms. The number of carbonyl (C=O) groups is 3. The smallest absolute Gasteiger partial charge is 0.408 e. The van der Waals surface area contributed by atoms with E-state index in [2.05, 4.69) is 17.6 Å². The van der Waals surface area contributed by atoms with Gasteiger partial charge in [-0.05, 0) is 64.9 Å². The fraction of sp³-hybridized carbons (Fsp3) is 0.700. The van der Waals surface area contributed by atoms with Gasteiger partial charge in [-0.2, -0.15) is 0 Å². The number of benzene rings is 1. The number of rotatable bonds is 11. The fourth-order valence-electron chi connectivity index (χ4n) is 4.79. The molecular weight excluding hydrogens is 466 g/mol. The summed E-state index contributed by atoms with van der Waals surface area (Å²) in [6, 6.07) is 6.39. The Hall–Kier alpha value is -2.57. The van der Waals surface area contributed by atoms with Crippen LogP contribution in [0.15, 0.2) is 24.3 Å². The topological polar surface area (TPSA) is 87.7 Å². The van der Waals surface area contributed by atoms with Crippen LogP contribution in [0.4, 0.5) is 4.79 Å². The van der Waals surface area contributed by atoms with E-state index in [1.54, 1.807) is 25.7 Å². The van der Waals surface area contributed by atoms with Crippen LogP contribution in [-0.4, -0.2) is 47.0 Å². The molecule has 1 aliphatic rings. The van der Waals surface area contributed by atoms with E-state index in [4.69, 9.17) is 4.74 Å². The van der Waals surface area contributed by atoms with Gasteiger partial charge in [0.2, 0.25) is 11.8 Å². The zero-order valence-corrected chi connectivity index (χ0v) is 24.1. The number of aryl methyl sites for hydroxylation is 1. The lowest BCUT2D eigenvalue weighted by Gasteiger charge is -2.36. The molecule has 2 rings (SSSR count). The number of nitrogens with zero attached hydrogens (tertiary/aromatic N) is 1. The highest BCUT2D eigenvalue weighted by Crippen LogP contribution is 2.26. The van der Waals surface area contributed by atoms with Crippen molar-refractivity contribution in [2.75, 3.05) is 6.54 Å². The van der Waals surface area contributed by atoms with Gasteiger partial charge in [-0.1, -0.05) is 76.3 Å². The third-order valence-electron chi connectivity index (χ3n) is 6.64. The summed E-state index contributed by atoms with van der Waals surface area (Å²) < 4.78 is 5.47. The zero-order valence-electron chi connectivity index (χ0n) is 24.1. The summed E-state index contributed by atoms with van der Waals surface area (Å²) >= 11 is 0. The van der Waals surface area contributed by atoms with Gasteiger partial charge in [-0.3, -0.25) is 9.59 Å². The molecule has 3 amide bonds. The summed E-state index contributed by atoms with van der Waals surface area (Å²) in [7, 11) is 0. The number of amides is 3. The third kappa shape index (κ3) is 10.4. The highest BCUT2D eigenvalue weighted by molar-refractivity contribution is 5.92. The summed E-state index contributed by atoms with van der Waals surface area (Å²) in [5.41, 5.74) is 1.19. The van der Waals surface area contributed by atoms with Crippen molar-refractivity contribution in [2.45, 2.75) is 124 Å². The summed E-state index contributed by atoms with van der Waals surface area (Å²) in [4.78, 5) is 42.3. The SMILES string of the molecule is CCCCN(C(=O)C(CC(C)C)NC(=O)OC(C)(C)C)C(C(=O)NC1CCCCC1)c1ccc(C)cc1. The van der Waals surface area contributed by atoms with Gasteiger partial charge in [0.15, 0.2) is 0 Å². The van der Waals surface area contributed by atoms with E-state index < -0.39 is 23.8 Å². The molecule has 1 fully saturated rings. The molecule has 2 N–H and O–H groups in total. The minimum atomic E-state index is -0.790. The van der Waals surface area contributed by atoms with Crippen LogP contribution < -0.4 is 10.6 Å². The second-order valence-electron chi connectivity index (χ2n) is 11.9. The zero-order chi connectivity index (χ0) is 27.6. The van der Waals surface area contributed by atoms with Crippen molar-refractivity contribution in [1.29, 1.82) is 0 Å². The first kappa shape index (κ1) is 30.7. The van der Waals surface area contributed by atoms with E-state index in [0.29, 0.717) is 13.0 Å². The number of hydrogen-bond acceptors (Lipinski definition) is 4. The number of nitrogens with one attached hydrogen (secondary N) is 2. The van der Waals surface area contributed by atoms with Crippen LogP contribution in [0.1, 0.15) is 110 Å². The Morgan fingerprint density at radius 3 is 2.22 bits per heavy atom. The van der Waals surface area contributed by atoms with Gasteiger partial charge in [-0.15, -0.1) is 0 Å². The highest BCUT2D eigenvalue weighted by atomic mass is 16.6. The van der Waals surface area contributed by atoms with Crippen LogP contribution >= 0.6 is 0 Å². The van der Waals surface area contributed by atoms with Gasteiger partial charge in [0.1, 0.15) is 17.7 Å². The molecule has 1 aromatic rings. The Bertz CT molecular complexity index is 870. The van der Waals surface area contributed by atoms with Crippen molar-refractivity contribution >= 4 is 17.9 Å². The quantitative estimate of drug-likeness (QED) is 0.375. The monoisotopic (exact) mass is 515 g/mol. The van der Waals surface area contributed by atoms with Crippen molar-refractivity contribution in [2.24, 2.45) is 5.92 Å². The van der Waals surface area contributed by atoms with Crippen molar-refractivity contribution in [1.82, 2.24) is 15.5 Å². The van der Waals surface area contributed by atoms with Crippen LogP contribution in [0, 0.1) is 12.8 Å². The number of alkyl carbamates (subject to hydrolysis) is 1. The van der Waals surface area contributed by atoms with Crippen molar-refractivity contribution in [3.8, 4) is 0 Å². The second kappa shape index (κ2) is 14.4. The van der Waals surface area contributed by atoms with Gasteiger partial charge in [0, 0.05) is 12.6 Å². The maximum absolute atomic E-state index is 14.1. The molecule has 7 nitrogen and oxygen atoms in total. The predicted molar refractivity (Wildman–Crippen MR) is 148 cm³/mol. The van der Waals surface area contributed by atoms with E-state index in [1.165, 1.54) is 6.42 Å². The summed E-state index contributed by atoms with van der Waals surface area (Å²) in [5.74, 6) is -0.246. The average molecular weight is 516 g/mol.